The third kappa shape index (κ3) is 3.64. The van der Waals surface area contributed by atoms with Crippen LogP contribution in [0.1, 0.15) is 29.3 Å². The number of thioether (sulfide) groups is 1. The molecule has 3 nitrogen and oxygen atoms in total. The lowest BCUT2D eigenvalue weighted by atomic mass is 10.0. The zero-order chi connectivity index (χ0) is 17.9. The number of carbonyl (C=O) groups is 1. The average molecular weight is 370 g/mol. The van der Waals surface area contributed by atoms with Gasteiger partial charge in [0, 0.05) is 31.2 Å². The molecule has 0 bridgehead atoms. The van der Waals surface area contributed by atoms with Gasteiger partial charge in [0.25, 0.3) is 0 Å². The summed E-state index contributed by atoms with van der Waals surface area (Å²) in [6.45, 7) is 2.89. The molecule has 2 aromatic rings. The molecule has 1 unspecified atom stereocenters. The normalized spacial score (nSPS) is 22.1. The fraction of sp³-hybridized carbons (Fsp3) is 0.381. The third-order valence-electron chi connectivity index (χ3n) is 5.28. The van der Waals surface area contributed by atoms with Gasteiger partial charge in [-0.15, -0.1) is 11.8 Å². The summed E-state index contributed by atoms with van der Waals surface area (Å²) in [6.07, 6.45) is 1.90. The topological polar surface area (TPSA) is 23.6 Å². The maximum Gasteiger partial charge on any atom is 0.234 e. The number of piperidine rings is 1. The van der Waals surface area contributed by atoms with Crippen LogP contribution in [0, 0.1) is 5.82 Å². The van der Waals surface area contributed by atoms with Crippen LogP contribution in [0.2, 0.25) is 0 Å². The van der Waals surface area contributed by atoms with Crippen molar-refractivity contribution in [2.24, 2.45) is 0 Å². The number of likely N-dealkylation sites (tertiary alicyclic amines) is 1. The molecule has 1 atom stereocenters. The van der Waals surface area contributed by atoms with E-state index in [0.29, 0.717) is 11.3 Å². The number of rotatable bonds is 4. The van der Waals surface area contributed by atoms with Gasteiger partial charge in [-0.05, 0) is 24.5 Å². The van der Waals surface area contributed by atoms with E-state index in [1.54, 1.807) is 17.8 Å². The van der Waals surface area contributed by atoms with E-state index >= 15 is 0 Å². The van der Waals surface area contributed by atoms with E-state index in [1.165, 1.54) is 11.6 Å². The first-order valence-corrected chi connectivity index (χ1v) is 10.2. The highest BCUT2D eigenvalue weighted by atomic mass is 32.2. The fourth-order valence-corrected chi connectivity index (χ4v) is 5.21. The SMILES string of the molecule is O=C1CSC(c2ccccc2F)N1C1CCN(Cc2ccccc2)CC1. The van der Waals surface area contributed by atoms with E-state index in [0.717, 1.165) is 32.5 Å². The van der Waals surface area contributed by atoms with Crippen molar-refractivity contribution in [2.75, 3.05) is 18.8 Å². The van der Waals surface area contributed by atoms with Gasteiger partial charge in [0.2, 0.25) is 5.91 Å². The minimum atomic E-state index is -0.216. The molecule has 0 radical (unpaired) electrons. The maximum absolute atomic E-state index is 14.3. The highest BCUT2D eigenvalue weighted by molar-refractivity contribution is 8.00. The Morgan fingerprint density at radius 3 is 2.42 bits per heavy atom. The second-order valence-corrected chi connectivity index (χ2v) is 8.05. The summed E-state index contributed by atoms with van der Waals surface area (Å²) >= 11 is 1.55. The highest BCUT2D eigenvalue weighted by Gasteiger charge is 2.39. The number of hydrogen-bond donors (Lipinski definition) is 0. The number of hydrogen-bond acceptors (Lipinski definition) is 3. The lowest BCUT2D eigenvalue weighted by Gasteiger charge is -2.39. The van der Waals surface area contributed by atoms with Crippen LogP contribution < -0.4 is 0 Å². The van der Waals surface area contributed by atoms with Crippen molar-refractivity contribution in [1.82, 2.24) is 9.80 Å². The molecule has 1 amide bonds. The smallest absolute Gasteiger partial charge is 0.234 e. The van der Waals surface area contributed by atoms with Crippen molar-refractivity contribution in [2.45, 2.75) is 30.8 Å². The second-order valence-electron chi connectivity index (χ2n) is 6.98. The molecule has 0 saturated carbocycles. The summed E-state index contributed by atoms with van der Waals surface area (Å²) in [5, 5.41) is -0.186. The lowest BCUT2D eigenvalue weighted by Crippen LogP contribution is -2.46. The van der Waals surface area contributed by atoms with Crippen LogP contribution in [-0.2, 0) is 11.3 Å². The second kappa shape index (κ2) is 7.80. The van der Waals surface area contributed by atoms with Crippen LogP contribution >= 0.6 is 11.8 Å². The molecular formula is C21H23FN2OS. The summed E-state index contributed by atoms with van der Waals surface area (Å²) in [6, 6.07) is 17.5. The summed E-state index contributed by atoms with van der Waals surface area (Å²) in [7, 11) is 0. The van der Waals surface area contributed by atoms with E-state index in [4.69, 9.17) is 0 Å². The summed E-state index contributed by atoms with van der Waals surface area (Å²) in [5.74, 6) is 0.374. The standard InChI is InChI=1S/C21H23FN2OS/c22-19-9-5-4-8-18(19)21-24(20(25)15-26-21)17-10-12-23(13-11-17)14-16-6-2-1-3-7-16/h1-9,17,21H,10-15H2. The number of nitrogens with zero attached hydrogens (tertiary/aromatic N) is 2. The van der Waals surface area contributed by atoms with Crippen molar-refractivity contribution < 1.29 is 9.18 Å². The zero-order valence-electron chi connectivity index (χ0n) is 14.7. The number of amides is 1. The Labute approximate surface area is 158 Å². The van der Waals surface area contributed by atoms with Gasteiger partial charge in [-0.1, -0.05) is 48.5 Å². The molecule has 0 aliphatic carbocycles. The van der Waals surface area contributed by atoms with Gasteiger partial charge in [-0.25, -0.2) is 4.39 Å². The van der Waals surface area contributed by atoms with Gasteiger partial charge in [0.15, 0.2) is 0 Å². The predicted molar refractivity (Wildman–Crippen MR) is 103 cm³/mol. The monoisotopic (exact) mass is 370 g/mol. The first kappa shape index (κ1) is 17.6. The van der Waals surface area contributed by atoms with Gasteiger partial charge in [0.05, 0.1) is 5.75 Å². The van der Waals surface area contributed by atoms with E-state index in [1.807, 2.05) is 23.1 Å². The van der Waals surface area contributed by atoms with Crippen molar-refractivity contribution in [1.29, 1.82) is 0 Å². The average Bonchev–Trinajstić information content (AvgIpc) is 3.05. The Balaban J connectivity index is 1.42. The van der Waals surface area contributed by atoms with Gasteiger partial charge >= 0.3 is 0 Å². The molecule has 5 heteroatoms. The molecule has 4 rings (SSSR count). The molecule has 2 aliphatic rings. The number of carbonyl (C=O) groups excluding carboxylic acids is 1. The van der Waals surface area contributed by atoms with Crippen LogP contribution in [0.3, 0.4) is 0 Å². The van der Waals surface area contributed by atoms with E-state index in [-0.39, 0.29) is 23.1 Å². The minimum Gasteiger partial charge on any atom is -0.323 e. The molecule has 2 aliphatic heterocycles. The zero-order valence-corrected chi connectivity index (χ0v) is 15.5. The predicted octanol–water partition coefficient (Wildman–Crippen LogP) is 4.06. The molecular weight excluding hydrogens is 347 g/mol. The first-order chi connectivity index (χ1) is 12.7. The van der Waals surface area contributed by atoms with Gasteiger partial charge < -0.3 is 4.90 Å². The molecule has 0 spiro atoms. The van der Waals surface area contributed by atoms with Gasteiger partial charge in [0.1, 0.15) is 11.2 Å². The third-order valence-corrected chi connectivity index (χ3v) is 6.49. The van der Waals surface area contributed by atoms with Crippen molar-refractivity contribution >= 4 is 17.7 Å². The lowest BCUT2D eigenvalue weighted by molar-refractivity contribution is -0.131. The van der Waals surface area contributed by atoms with Gasteiger partial charge in [-0.2, -0.15) is 0 Å². The first-order valence-electron chi connectivity index (χ1n) is 9.16. The number of benzene rings is 2. The summed E-state index contributed by atoms with van der Waals surface area (Å²) in [4.78, 5) is 16.9. The molecule has 26 heavy (non-hydrogen) atoms. The van der Waals surface area contributed by atoms with Crippen molar-refractivity contribution in [3.63, 3.8) is 0 Å². The largest absolute Gasteiger partial charge is 0.323 e. The maximum atomic E-state index is 14.3. The Hall–Kier alpha value is -1.85. The Morgan fingerprint density at radius 1 is 1.00 bits per heavy atom. The van der Waals surface area contributed by atoms with Crippen LogP contribution in [-0.4, -0.2) is 40.6 Å². The molecule has 2 heterocycles. The summed E-state index contributed by atoms with van der Waals surface area (Å²) < 4.78 is 14.3. The molecule has 2 aromatic carbocycles. The highest BCUT2D eigenvalue weighted by Crippen LogP contribution is 2.42. The Bertz CT molecular complexity index is 762. The summed E-state index contributed by atoms with van der Waals surface area (Å²) in [5.41, 5.74) is 1.96. The van der Waals surface area contributed by atoms with Crippen molar-refractivity contribution in [3.05, 3.63) is 71.5 Å². The van der Waals surface area contributed by atoms with Gasteiger partial charge in [-0.3, -0.25) is 9.69 Å². The molecule has 2 fully saturated rings. The van der Waals surface area contributed by atoms with E-state index in [9.17, 15) is 9.18 Å². The quantitative estimate of drug-likeness (QED) is 0.811. The van der Waals surface area contributed by atoms with Crippen LogP contribution in [0.4, 0.5) is 4.39 Å². The van der Waals surface area contributed by atoms with Crippen LogP contribution in [0.25, 0.3) is 0 Å². The van der Waals surface area contributed by atoms with Crippen molar-refractivity contribution in [3.8, 4) is 0 Å². The Kier molecular flexibility index (Phi) is 5.27. The molecule has 2 saturated heterocycles. The molecule has 0 aromatic heterocycles. The van der Waals surface area contributed by atoms with Crippen LogP contribution in [0.5, 0.6) is 0 Å². The number of halogens is 1. The molecule has 0 N–H and O–H groups in total. The van der Waals surface area contributed by atoms with E-state index < -0.39 is 0 Å². The minimum absolute atomic E-state index is 0.143. The van der Waals surface area contributed by atoms with Crippen LogP contribution in [0.15, 0.2) is 54.6 Å². The fourth-order valence-electron chi connectivity index (χ4n) is 3.94. The molecule has 136 valence electrons. The Morgan fingerprint density at radius 2 is 1.69 bits per heavy atom. The van der Waals surface area contributed by atoms with E-state index in [2.05, 4.69) is 29.2 Å².